The van der Waals surface area contributed by atoms with Crippen molar-refractivity contribution in [2.75, 3.05) is 11.9 Å². The van der Waals surface area contributed by atoms with Crippen LogP contribution in [0.15, 0.2) is 12.4 Å². The molecule has 1 aromatic heterocycles. The van der Waals surface area contributed by atoms with Crippen LogP contribution in [-0.2, 0) is 20.7 Å². The number of amides is 1. The number of fused-ring (bicyclic) bond motifs is 1. The summed E-state index contributed by atoms with van der Waals surface area (Å²) in [5.74, 6) is -0.472. The van der Waals surface area contributed by atoms with Gasteiger partial charge >= 0.3 is 0 Å². The van der Waals surface area contributed by atoms with Gasteiger partial charge in [-0.1, -0.05) is 6.08 Å². The zero-order valence-corrected chi connectivity index (χ0v) is 15.2. The molecule has 4 N–H and O–H groups in total. The van der Waals surface area contributed by atoms with Crippen LogP contribution < -0.4 is 5.32 Å². The van der Waals surface area contributed by atoms with E-state index >= 15 is 0 Å². The van der Waals surface area contributed by atoms with E-state index in [4.69, 9.17) is 4.74 Å². The Bertz CT molecular complexity index is 791. The highest BCUT2D eigenvalue weighted by Crippen LogP contribution is 2.35. The first-order chi connectivity index (χ1) is 12.8. The first-order valence-corrected chi connectivity index (χ1v) is 8.80. The molecule has 0 radical (unpaired) electrons. The van der Waals surface area contributed by atoms with Crippen molar-refractivity contribution in [2.24, 2.45) is 0 Å². The Hall–Kier alpha value is -2.20. The number of nitrogens with zero attached hydrogens (tertiary/aromatic N) is 2. The molecule has 0 aromatic carbocycles. The number of aliphatic hydroxyl groups is 3. The maximum Gasteiger partial charge on any atom is 0.233 e. The van der Waals surface area contributed by atoms with Gasteiger partial charge in [0.2, 0.25) is 5.91 Å². The van der Waals surface area contributed by atoms with Gasteiger partial charge in [-0.3, -0.25) is 9.59 Å². The second-order valence-corrected chi connectivity index (χ2v) is 6.95. The zero-order valence-electron chi connectivity index (χ0n) is 15.2. The van der Waals surface area contributed by atoms with Gasteiger partial charge in [0, 0.05) is 11.1 Å². The number of ether oxygens (including phenoxy) is 1. The molecular weight excluding hydrogens is 354 g/mol. The van der Waals surface area contributed by atoms with Gasteiger partial charge in [-0.05, 0) is 26.7 Å². The lowest BCUT2D eigenvalue weighted by atomic mass is 9.89. The fraction of sp³-hybridized carbons (Fsp3) is 0.556. The van der Waals surface area contributed by atoms with Crippen LogP contribution in [-0.4, -0.2) is 67.5 Å². The van der Waals surface area contributed by atoms with Crippen LogP contribution in [0.3, 0.4) is 0 Å². The molecule has 146 valence electrons. The van der Waals surface area contributed by atoms with E-state index in [-0.39, 0.29) is 18.0 Å². The minimum absolute atomic E-state index is 0.264. The van der Waals surface area contributed by atoms with E-state index in [1.165, 1.54) is 13.3 Å². The Balaban J connectivity index is 1.88. The number of hydrogen-bond donors (Lipinski definition) is 4. The zero-order chi connectivity index (χ0) is 19.8. The lowest BCUT2D eigenvalue weighted by Gasteiger charge is -2.26. The smallest absolute Gasteiger partial charge is 0.233 e. The van der Waals surface area contributed by atoms with Gasteiger partial charge in [0.25, 0.3) is 0 Å². The molecular formula is C18H23N3O6. The van der Waals surface area contributed by atoms with Crippen molar-refractivity contribution in [1.29, 1.82) is 0 Å². The summed E-state index contributed by atoms with van der Waals surface area (Å²) >= 11 is 0. The van der Waals surface area contributed by atoms with Crippen LogP contribution >= 0.6 is 0 Å². The molecule has 1 saturated heterocycles. The Morgan fingerprint density at radius 2 is 2.15 bits per heavy atom. The van der Waals surface area contributed by atoms with Crippen molar-refractivity contribution < 1.29 is 29.6 Å². The molecule has 0 bridgehead atoms. The van der Waals surface area contributed by atoms with Crippen molar-refractivity contribution in [2.45, 2.75) is 57.0 Å². The molecule has 1 aromatic rings. The van der Waals surface area contributed by atoms with Crippen molar-refractivity contribution >= 4 is 23.1 Å². The summed E-state index contributed by atoms with van der Waals surface area (Å²) in [6, 6.07) is 0. The van der Waals surface area contributed by atoms with Gasteiger partial charge in [-0.2, -0.15) is 0 Å². The molecule has 27 heavy (non-hydrogen) atoms. The third kappa shape index (κ3) is 3.51. The Kier molecular flexibility index (Phi) is 5.38. The maximum absolute atomic E-state index is 12.3. The molecule has 0 spiro atoms. The van der Waals surface area contributed by atoms with E-state index in [1.54, 1.807) is 13.0 Å². The van der Waals surface area contributed by atoms with Crippen LogP contribution in [0.5, 0.6) is 0 Å². The first kappa shape index (κ1) is 19.6. The molecule has 9 nitrogen and oxygen atoms in total. The molecule has 3 heterocycles. The lowest BCUT2D eigenvalue weighted by Crippen LogP contribution is -2.46. The largest absolute Gasteiger partial charge is 0.394 e. The van der Waals surface area contributed by atoms with E-state index in [0.29, 0.717) is 29.7 Å². The number of carbonyl (C=O) groups is 2. The van der Waals surface area contributed by atoms with Crippen molar-refractivity contribution in [3.8, 4) is 0 Å². The number of allylic oxidation sites excluding steroid dienone is 2. The quantitative estimate of drug-likeness (QED) is 0.410. The van der Waals surface area contributed by atoms with Crippen LogP contribution in [0.25, 0.3) is 5.57 Å². The van der Waals surface area contributed by atoms with E-state index in [0.717, 1.165) is 0 Å². The van der Waals surface area contributed by atoms with E-state index in [9.17, 15) is 24.9 Å². The number of rotatable bonds is 4. The minimum Gasteiger partial charge on any atom is -0.394 e. The number of anilines is 1. The number of ketones is 1. The normalized spacial score (nSPS) is 32.3. The monoisotopic (exact) mass is 377 g/mol. The second-order valence-electron chi connectivity index (χ2n) is 6.95. The molecule has 0 aliphatic carbocycles. The molecule has 0 unspecified atom stereocenters. The van der Waals surface area contributed by atoms with Gasteiger partial charge in [-0.25, -0.2) is 9.97 Å². The number of aliphatic hydroxyl groups excluding tert-OH is 2. The Labute approximate surface area is 156 Å². The predicted molar refractivity (Wildman–Crippen MR) is 94.6 cm³/mol. The summed E-state index contributed by atoms with van der Waals surface area (Å²) in [5.41, 5.74) is -0.158. The van der Waals surface area contributed by atoms with E-state index < -0.39 is 36.4 Å². The topological polar surface area (TPSA) is 142 Å². The van der Waals surface area contributed by atoms with Crippen LogP contribution in [0.1, 0.15) is 37.9 Å². The number of carbonyl (C=O) groups excluding carboxylic acids is 2. The third-order valence-electron chi connectivity index (χ3n) is 5.13. The van der Waals surface area contributed by atoms with Gasteiger partial charge in [0.05, 0.1) is 24.8 Å². The average molecular weight is 377 g/mol. The fourth-order valence-corrected chi connectivity index (χ4v) is 3.61. The van der Waals surface area contributed by atoms with Crippen molar-refractivity contribution in [3.63, 3.8) is 0 Å². The summed E-state index contributed by atoms with van der Waals surface area (Å²) in [5, 5.41) is 32.5. The average Bonchev–Trinajstić information content (AvgIpc) is 2.75. The molecule has 2 aliphatic rings. The highest BCUT2D eigenvalue weighted by atomic mass is 16.6. The summed E-state index contributed by atoms with van der Waals surface area (Å²) in [7, 11) is 0. The lowest BCUT2D eigenvalue weighted by molar-refractivity contribution is -0.122. The Morgan fingerprint density at radius 1 is 1.41 bits per heavy atom. The number of aromatic nitrogens is 2. The molecule has 3 rings (SSSR count). The van der Waals surface area contributed by atoms with Gasteiger partial charge in [0.15, 0.2) is 5.78 Å². The van der Waals surface area contributed by atoms with Gasteiger partial charge < -0.3 is 25.4 Å². The van der Waals surface area contributed by atoms with Gasteiger partial charge in [0.1, 0.15) is 30.0 Å². The summed E-state index contributed by atoms with van der Waals surface area (Å²) in [6.45, 7) is 2.76. The molecule has 4 atom stereocenters. The Morgan fingerprint density at radius 3 is 2.78 bits per heavy atom. The van der Waals surface area contributed by atoms with Crippen LogP contribution in [0.4, 0.5) is 5.82 Å². The predicted octanol–water partition coefficient (Wildman–Crippen LogP) is -0.405. The molecule has 0 saturated carbocycles. The SMILES string of the molecule is C/C=C1/C(=O)CC(=O)Nc2ncnc(CC[C@@H]3O[C@H](CO)[C@@H](O)[C@@]3(C)O)c21. The van der Waals surface area contributed by atoms with Crippen molar-refractivity contribution in [3.05, 3.63) is 23.7 Å². The first-order valence-electron chi connectivity index (χ1n) is 8.80. The minimum atomic E-state index is -1.52. The third-order valence-corrected chi connectivity index (χ3v) is 5.13. The summed E-state index contributed by atoms with van der Waals surface area (Å²) in [4.78, 5) is 32.5. The molecule has 2 aliphatic heterocycles. The molecule has 1 fully saturated rings. The number of aryl methyl sites for hydroxylation is 1. The standard InChI is InChI=1S/C18H23N3O6/c1-3-9-11(23)6-14(24)21-17-15(9)10(19-8-20-17)4-5-13-18(2,26)16(25)12(7-22)27-13/h3,8,12-13,16,22,25-26H,4-7H2,1-2H3,(H,19,20,21,24)/b9-3-/t12-,13+,16-,18+/m1/s1. The maximum atomic E-state index is 12.3. The summed E-state index contributed by atoms with van der Waals surface area (Å²) < 4.78 is 5.58. The van der Waals surface area contributed by atoms with Crippen LogP contribution in [0.2, 0.25) is 0 Å². The highest BCUT2D eigenvalue weighted by Gasteiger charge is 2.51. The second kappa shape index (κ2) is 7.43. The van der Waals surface area contributed by atoms with Crippen molar-refractivity contribution in [1.82, 2.24) is 9.97 Å². The van der Waals surface area contributed by atoms with E-state index in [1.807, 2.05) is 0 Å². The number of Topliss-reactive ketones (excluding diaryl/α,β-unsaturated/α-hetero) is 1. The van der Waals surface area contributed by atoms with E-state index in [2.05, 4.69) is 15.3 Å². The number of hydrogen-bond acceptors (Lipinski definition) is 8. The summed E-state index contributed by atoms with van der Waals surface area (Å²) in [6.07, 6.45) is 0.487. The fourth-order valence-electron chi connectivity index (χ4n) is 3.61. The highest BCUT2D eigenvalue weighted by molar-refractivity contribution is 6.29. The molecule has 9 heteroatoms. The van der Waals surface area contributed by atoms with Crippen LogP contribution in [0, 0.1) is 0 Å². The molecule has 1 amide bonds. The van der Waals surface area contributed by atoms with Gasteiger partial charge in [-0.15, -0.1) is 0 Å². The number of nitrogens with one attached hydrogen (secondary N) is 1.